The maximum Gasteiger partial charge on any atom is 0.338 e. The zero-order valence-corrected chi connectivity index (χ0v) is 20.1. The van der Waals surface area contributed by atoms with Gasteiger partial charge in [-0.1, -0.05) is 47.7 Å². The third kappa shape index (κ3) is 4.73. The second-order valence-corrected chi connectivity index (χ2v) is 8.66. The summed E-state index contributed by atoms with van der Waals surface area (Å²) in [7, 11) is 2.78. The number of benzene rings is 2. The quantitative estimate of drug-likeness (QED) is 0.495. The second-order valence-electron chi connectivity index (χ2n) is 7.65. The lowest BCUT2D eigenvalue weighted by Gasteiger charge is -2.24. The maximum atomic E-state index is 13.6. The van der Waals surface area contributed by atoms with Gasteiger partial charge in [0.05, 0.1) is 36.1 Å². The number of aromatic nitrogens is 1. The number of methoxy groups -OCH3 is 2. The van der Waals surface area contributed by atoms with Gasteiger partial charge in [0, 0.05) is 0 Å². The monoisotopic (exact) mass is 493 g/mol. The van der Waals surface area contributed by atoms with Crippen molar-refractivity contribution >= 4 is 29.3 Å². The third-order valence-corrected chi connectivity index (χ3v) is 6.38. The molecule has 0 aliphatic carbocycles. The standard InChI is InChI=1S/C25H23N3O6S/c1-14-21(24(31)33-3)22(16-7-5-4-6-8-16)28-23(30)19(35-25(28)27-14)12-15-9-10-17(18(11-15)32-2)34-13-20(26)29/h4-12,22H,13H2,1-3H3,(H2,26,29)/b19-12-/t22-/m1/s1. The van der Waals surface area contributed by atoms with Crippen molar-refractivity contribution in [2.24, 2.45) is 10.7 Å². The van der Waals surface area contributed by atoms with Crippen LogP contribution in [0.2, 0.25) is 0 Å². The summed E-state index contributed by atoms with van der Waals surface area (Å²) in [6, 6.07) is 13.7. The van der Waals surface area contributed by atoms with Gasteiger partial charge < -0.3 is 19.9 Å². The van der Waals surface area contributed by atoms with E-state index in [2.05, 4.69) is 4.99 Å². The van der Waals surface area contributed by atoms with Crippen LogP contribution in [-0.4, -0.2) is 37.3 Å². The van der Waals surface area contributed by atoms with E-state index in [1.807, 2.05) is 30.3 Å². The van der Waals surface area contributed by atoms with Crippen molar-refractivity contribution in [1.29, 1.82) is 0 Å². The first-order valence-electron chi connectivity index (χ1n) is 10.6. The molecule has 0 fully saturated rings. The second kappa shape index (κ2) is 9.98. The van der Waals surface area contributed by atoms with Crippen LogP contribution in [0, 0.1) is 0 Å². The van der Waals surface area contributed by atoms with Crippen molar-refractivity contribution in [2.45, 2.75) is 13.0 Å². The number of nitrogens with two attached hydrogens (primary N) is 1. The molecule has 9 nitrogen and oxygen atoms in total. The first-order chi connectivity index (χ1) is 16.8. The minimum Gasteiger partial charge on any atom is -0.493 e. The van der Waals surface area contributed by atoms with E-state index in [1.165, 1.54) is 30.1 Å². The lowest BCUT2D eigenvalue weighted by atomic mass is 9.96. The third-order valence-electron chi connectivity index (χ3n) is 5.40. The highest BCUT2D eigenvalue weighted by Crippen LogP contribution is 2.31. The number of amides is 1. The summed E-state index contributed by atoms with van der Waals surface area (Å²) in [5, 5.41) is 0. The van der Waals surface area contributed by atoms with Crippen LogP contribution in [0.3, 0.4) is 0 Å². The average Bonchev–Trinajstić information content (AvgIpc) is 3.16. The minimum atomic E-state index is -0.666. The number of thiazole rings is 1. The van der Waals surface area contributed by atoms with E-state index in [1.54, 1.807) is 31.2 Å². The lowest BCUT2D eigenvalue weighted by Crippen LogP contribution is -2.39. The van der Waals surface area contributed by atoms with Crippen LogP contribution in [0.4, 0.5) is 0 Å². The molecule has 35 heavy (non-hydrogen) atoms. The van der Waals surface area contributed by atoms with E-state index < -0.39 is 17.9 Å². The topological polar surface area (TPSA) is 122 Å². The lowest BCUT2D eigenvalue weighted by molar-refractivity contribution is -0.136. The maximum absolute atomic E-state index is 13.6. The van der Waals surface area contributed by atoms with Crippen molar-refractivity contribution in [1.82, 2.24) is 4.57 Å². The smallest absolute Gasteiger partial charge is 0.338 e. The van der Waals surface area contributed by atoms with E-state index in [-0.39, 0.29) is 12.2 Å². The molecule has 0 radical (unpaired) electrons. The Morgan fingerprint density at radius 2 is 1.89 bits per heavy atom. The highest BCUT2D eigenvalue weighted by Gasteiger charge is 2.32. The van der Waals surface area contributed by atoms with E-state index in [0.717, 1.165) is 5.56 Å². The molecule has 4 rings (SSSR count). The van der Waals surface area contributed by atoms with Gasteiger partial charge in [-0.2, -0.15) is 0 Å². The van der Waals surface area contributed by atoms with Crippen molar-refractivity contribution in [3.63, 3.8) is 0 Å². The molecule has 1 aromatic heterocycles. The van der Waals surface area contributed by atoms with Gasteiger partial charge in [-0.15, -0.1) is 0 Å². The molecule has 2 N–H and O–H groups in total. The van der Waals surface area contributed by atoms with Crippen molar-refractivity contribution in [3.8, 4) is 11.5 Å². The van der Waals surface area contributed by atoms with Gasteiger partial charge in [-0.05, 0) is 36.3 Å². The molecule has 10 heteroatoms. The van der Waals surface area contributed by atoms with Crippen LogP contribution >= 0.6 is 11.3 Å². The fourth-order valence-electron chi connectivity index (χ4n) is 3.84. The molecule has 0 saturated carbocycles. The van der Waals surface area contributed by atoms with E-state index in [4.69, 9.17) is 19.9 Å². The predicted molar refractivity (Wildman–Crippen MR) is 130 cm³/mol. The number of hydrogen-bond acceptors (Lipinski definition) is 8. The summed E-state index contributed by atoms with van der Waals surface area (Å²) < 4.78 is 17.7. The summed E-state index contributed by atoms with van der Waals surface area (Å²) in [6.45, 7) is 1.45. The van der Waals surface area contributed by atoms with E-state index >= 15 is 0 Å². The summed E-state index contributed by atoms with van der Waals surface area (Å²) in [4.78, 5) is 42.3. The van der Waals surface area contributed by atoms with Gasteiger partial charge >= 0.3 is 5.97 Å². The molecule has 1 aliphatic rings. The largest absolute Gasteiger partial charge is 0.493 e. The molecule has 0 spiro atoms. The number of carbonyl (C=O) groups excluding carboxylic acids is 2. The number of esters is 1. The van der Waals surface area contributed by atoms with Crippen molar-refractivity contribution in [3.05, 3.63) is 90.6 Å². The number of fused-ring (bicyclic) bond motifs is 1. The fourth-order valence-corrected chi connectivity index (χ4v) is 4.88. The van der Waals surface area contributed by atoms with Gasteiger partial charge in [-0.25, -0.2) is 9.79 Å². The Balaban J connectivity index is 1.84. The first kappa shape index (κ1) is 24.0. The van der Waals surface area contributed by atoms with Crippen LogP contribution in [0.1, 0.15) is 24.1 Å². The molecular formula is C25H23N3O6S. The molecule has 1 atom stereocenters. The first-order valence-corrected chi connectivity index (χ1v) is 11.4. The van der Waals surface area contributed by atoms with E-state index in [9.17, 15) is 14.4 Å². The molecule has 1 aliphatic heterocycles. The summed E-state index contributed by atoms with van der Waals surface area (Å²) in [5.74, 6) is -0.399. The SMILES string of the molecule is COC(=O)C1=C(C)N=c2s/c(=C\c3ccc(OCC(N)=O)c(OC)c3)c(=O)n2[C@@H]1c1ccccc1. The van der Waals surface area contributed by atoms with Crippen LogP contribution in [-0.2, 0) is 14.3 Å². The van der Waals surface area contributed by atoms with Gasteiger partial charge in [0.15, 0.2) is 22.9 Å². The number of rotatable bonds is 7. The Bertz CT molecular complexity index is 1500. The van der Waals surface area contributed by atoms with Crippen molar-refractivity contribution < 1.29 is 23.8 Å². The molecule has 0 unspecified atom stereocenters. The molecule has 1 amide bonds. The number of ether oxygens (including phenoxy) is 3. The Kier molecular flexibility index (Phi) is 6.83. The highest BCUT2D eigenvalue weighted by atomic mass is 32.1. The highest BCUT2D eigenvalue weighted by molar-refractivity contribution is 7.07. The van der Waals surface area contributed by atoms with Crippen LogP contribution in [0.25, 0.3) is 6.08 Å². The minimum absolute atomic E-state index is 0.282. The zero-order valence-electron chi connectivity index (χ0n) is 19.3. The summed E-state index contributed by atoms with van der Waals surface area (Å²) in [6.07, 6.45) is 1.71. The molecule has 180 valence electrons. The van der Waals surface area contributed by atoms with Gasteiger partial charge in [0.1, 0.15) is 0 Å². The Hall–Kier alpha value is -4.18. The van der Waals surface area contributed by atoms with Gasteiger partial charge in [0.25, 0.3) is 11.5 Å². The summed E-state index contributed by atoms with van der Waals surface area (Å²) >= 11 is 1.22. The predicted octanol–water partition coefficient (Wildman–Crippen LogP) is 1.28. The molecule has 0 bridgehead atoms. The van der Waals surface area contributed by atoms with Crippen LogP contribution < -0.4 is 30.1 Å². The number of carbonyl (C=O) groups is 2. The molecule has 3 aromatic rings. The Morgan fingerprint density at radius 1 is 1.14 bits per heavy atom. The average molecular weight is 494 g/mol. The normalized spacial score (nSPS) is 15.3. The molecule has 0 saturated heterocycles. The number of hydrogen-bond donors (Lipinski definition) is 1. The molecule has 2 heterocycles. The number of primary amides is 1. The number of nitrogens with zero attached hydrogens (tertiary/aromatic N) is 2. The molecular weight excluding hydrogens is 470 g/mol. The van der Waals surface area contributed by atoms with Crippen molar-refractivity contribution in [2.75, 3.05) is 20.8 Å². The van der Waals surface area contributed by atoms with Gasteiger partial charge in [-0.3, -0.25) is 14.2 Å². The van der Waals surface area contributed by atoms with Crippen LogP contribution in [0.15, 0.2) is 69.6 Å². The molecule has 2 aromatic carbocycles. The zero-order chi connectivity index (χ0) is 25.1. The Labute approximate surface area is 204 Å². The Morgan fingerprint density at radius 3 is 2.54 bits per heavy atom. The van der Waals surface area contributed by atoms with Gasteiger partial charge in [0.2, 0.25) is 0 Å². The van der Waals surface area contributed by atoms with Crippen LogP contribution in [0.5, 0.6) is 11.5 Å². The fraction of sp³-hybridized carbons (Fsp3) is 0.200. The summed E-state index contributed by atoms with van der Waals surface area (Å²) in [5.41, 5.74) is 7.12. The number of allylic oxidation sites excluding steroid dienone is 1. The van der Waals surface area contributed by atoms with E-state index in [0.29, 0.717) is 37.7 Å².